The van der Waals surface area contributed by atoms with Gasteiger partial charge >= 0.3 is 0 Å². The number of anilines is 1. The molecule has 0 fully saturated rings. The van der Waals surface area contributed by atoms with Crippen molar-refractivity contribution in [3.05, 3.63) is 28.8 Å². The lowest BCUT2D eigenvalue weighted by atomic mass is 10.2. The third kappa shape index (κ3) is 6.03. The molecule has 0 aliphatic heterocycles. The number of hydrogen-bond donors (Lipinski definition) is 2. The molecule has 3 nitrogen and oxygen atoms in total. The summed E-state index contributed by atoms with van der Waals surface area (Å²) in [6, 6.07) is 5.50. The SMILES string of the molecule is CCCCCC(=O)NC(=S)Nc1cc(Cl)ccc1C. The van der Waals surface area contributed by atoms with Crippen LogP contribution < -0.4 is 10.6 Å². The normalized spacial score (nSPS) is 10.1. The van der Waals surface area contributed by atoms with Crippen molar-refractivity contribution in [2.75, 3.05) is 5.32 Å². The predicted octanol–water partition coefficient (Wildman–Crippen LogP) is 4.04. The van der Waals surface area contributed by atoms with Gasteiger partial charge in [-0.15, -0.1) is 0 Å². The summed E-state index contributed by atoms with van der Waals surface area (Å²) in [5.41, 5.74) is 1.83. The van der Waals surface area contributed by atoms with Gasteiger partial charge < -0.3 is 10.6 Å². The maximum absolute atomic E-state index is 11.6. The minimum absolute atomic E-state index is 0.0503. The van der Waals surface area contributed by atoms with Gasteiger partial charge in [0.15, 0.2) is 5.11 Å². The number of benzene rings is 1. The Morgan fingerprint density at radius 3 is 2.79 bits per heavy atom. The highest BCUT2D eigenvalue weighted by Gasteiger charge is 2.06. The van der Waals surface area contributed by atoms with Crippen LogP contribution in [0.15, 0.2) is 18.2 Å². The number of hydrogen-bond acceptors (Lipinski definition) is 2. The van der Waals surface area contributed by atoms with Crippen molar-refractivity contribution in [2.24, 2.45) is 0 Å². The van der Waals surface area contributed by atoms with E-state index in [1.165, 1.54) is 0 Å². The van der Waals surface area contributed by atoms with Gasteiger partial charge in [-0.3, -0.25) is 4.79 Å². The van der Waals surface area contributed by atoms with Crippen LogP contribution >= 0.6 is 23.8 Å². The van der Waals surface area contributed by atoms with Gasteiger partial charge in [0, 0.05) is 17.1 Å². The van der Waals surface area contributed by atoms with Crippen LogP contribution in [0.25, 0.3) is 0 Å². The standard InChI is InChI=1S/C14H19ClN2OS/c1-3-4-5-6-13(18)17-14(19)16-12-9-11(15)8-7-10(12)2/h7-9H,3-6H2,1-2H3,(H2,16,17,18,19). The van der Waals surface area contributed by atoms with Gasteiger partial charge in [-0.2, -0.15) is 0 Å². The minimum atomic E-state index is -0.0503. The Morgan fingerprint density at radius 1 is 1.37 bits per heavy atom. The monoisotopic (exact) mass is 298 g/mol. The van der Waals surface area contributed by atoms with Crippen molar-refractivity contribution in [1.29, 1.82) is 0 Å². The van der Waals surface area contributed by atoms with Crippen molar-refractivity contribution >= 4 is 40.5 Å². The molecule has 0 aliphatic carbocycles. The molecular weight excluding hydrogens is 280 g/mol. The van der Waals surface area contributed by atoms with E-state index in [0.29, 0.717) is 16.6 Å². The van der Waals surface area contributed by atoms with Gasteiger partial charge in [0.25, 0.3) is 0 Å². The molecule has 1 rings (SSSR count). The molecule has 0 aliphatic rings. The Kier molecular flexibility index (Phi) is 6.81. The first kappa shape index (κ1) is 15.9. The van der Waals surface area contributed by atoms with Gasteiger partial charge in [0.1, 0.15) is 0 Å². The Bertz CT molecular complexity index is 463. The first-order chi connectivity index (χ1) is 9.02. The second-order valence-electron chi connectivity index (χ2n) is 4.42. The van der Waals surface area contributed by atoms with Gasteiger partial charge in [0.05, 0.1) is 0 Å². The molecule has 2 N–H and O–H groups in total. The van der Waals surface area contributed by atoms with E-state index in [1.54, 1.807) is 6.07 Å². The maximum Gasteiger partial charge on any atom is 0.226 e. The Balaban J connectivity index is 2.46. The smallest absolute Gasteiger partial charge is 0.226 e. The number of rotatable bonds is 5. The lowest BCUT2D eigenvalue weighted by molar-refractivity contribution is -0.119. The number of nitrogens with one attached hydrogen (secondary N) is 2. The topological polar surface area (TPSA) is 41.1 Å². The third-order valence-corrected chi connectivity index (χ3v) is 3.15. The summed E-state index contributed by atoms with van der Waals surface area (Å²) in [7, 11) is 0. The molecule has 5 heteroatoms. The summed E-state index contributed by atoms with van der Waals surface area (Å²) in [5.74, 6) is -0.0503. The molecule has 19 heavy (non-hydrogen) atoms. The number of unbranched alkanes of at least 4 members (excludes halogenated alkanes) is 2. The summed E-state index contributed by atoms with van der Waals surface area (Å²) >= 11 is 11.0. The molecule has 0 spiro atoms. The number of aryl methyl sites for hydroxylation is 1. The molecule has 0 radical (unpaired) electrons. The highest BCUT2D eigenvalue weighted by atomic mass is 35.5. The predicted molar refractivity (Wildman–Crippen MR) is 84.7 cm³/mol. The van der Waals surface area contributed by atoms with E-state index in [0.717, 1.165) is 30.5 Å². The van der Waals surface area contributed by atoms with Crippen molar-refractivity contribution in [1.82, 2.24) is 5.32 Å². The van der Waals surface area contributed by atoms with Crippen LogP contribution in [0.3, 0.4) is 0 Å². The number of amides is 1. The molecule has 0 aromatic heterocycles. The van der Waals surface area contributed by atoms with Gasteiger partial charge in [-0.25, -0.2) is 0 Å². The Hall–Kier alpha value is -1.13. The van der Waals surface area contributed by atoms with E-state index in [9.17, 15) is 4.79 Å². The summed E-state index contributed by atoms with van der Waals surface area (Å²) in [5, 5.41) is 6.60. The summed E-state index contributed by atoms with van der Waals surface area (Å²) in [4.78, 5) is 11.6. The fourth-order valence-electron chi connectivity index (χ4n) is 1.61. The number of halogens is 1. The lowest BCUT2D eigenvalue weighted by Gasteiger charge is -2.12. The van der Waals surface area contributed by atoms with Crippen molar-refractivity contribution < 1.29 is 4.79 Å². The molecule has 0 saturated heterocycles. The van der Waals surface area contributed by atoms with Crippen molar-refractivity contribution in [3.63, 3.8) is 0 Å². The molecule has 0 heterocycles. The fraction of sp³-hybridized carbons (Fsp3) is 0.429. The molecule has 0 unspecified atom stereocenters. The first-order valence-corrected chi connectivity index (χ1v) is 7.18. The van der Waals surface area contributed by atoms with Gasteiger partial charge in [0.2, 0.25) is 5.91 Å². The largest absolute Gasteiger partial charge is 0.332 e. The van der Waals surface area contributed by atoms with Crippen molar-refractivity contribution in [2.45, 2.75) is 39.5 Å². The number of carbonyl (C=O) groups is 1. The zero-order valence-electron chi connectivity index (χ0n) is 11.3. The maximum atomic E-state index is 11.6. The highest BCUT2D eigenvalue weighted by molar-refractivity contribution is 7.80. The molecular formula is C14H19ClN2OS. The Morgan fingerprint density at radius 2 is 2.11 bits per heavy atom. The van der Waals surface area contributed by atoms with E-state index >= 15 is 0 Å². The van der Waals surface area contributed by atoms with Crippen LogP contribution in [-0.4, -0.2) is 11.0 Å². The number of carbonyl (C=O) groups excluding carboxylic acids is 1. The summed E-state index contributed by atoms with van der Waals surface area (Å²) < 4.78 is 0. The zero-order valence-corrected chi connectivity index (χ0v) is 12.8. The fourth-order valence-corrected chi connectivity index (χ4v) is 2.00. The van der Waals surface area contributed by atoms with E-state index in [-0.39, 0.29) is 5.91 Å². The average Bonchev–Trinajstić information content (AvgIpc) is 2.34. The van der Waals surface area contributed by atoms with Crippen LogP contribution in [-0.2, 0) is 4.79 Å². The van der Waals surface area contributed by atoms with E-state index in [2.05, 4.69) is 17.6 Å². The quantitative estimate of drug-likeness (QED) is 0.637. The number of thiocarbonyl (C=S) groups is 1. The van der Waals surface area contributed by atoms with Gasteiger partial charge in [-0.05, 0) is 43.3 Å². The van der Waals surface area contributed by atoms with Crippen LogP contribution in [0.4, 0.5) is 5.69 Å². The average molecular weight is 299 g/mol. The molecule has 0 atom stereocenters. The zero-order chi connectivity index (χ0) is 14.3. The minimum Gasteiger partial charge on any atom is -0.332 e. The van der Waals surface area contributed by atoms with E-state index < -0.39 is 0 Å². The third-order valence-electron chi connectivity index (χ3n) is 2.71. The van der Waals surface area contributed by atoms with Crippen LogP contribution in [0.2, 0.25) is 5.02 Å². The molecule has 0 bridgehead atoms. The van der Waals surface area contributed by atoms with Crippen LogP contribution in [0.1, 0.15) is 38.2 Å². The summed E-state index contributed by atoms with van der Waals surface area (Å²) in [6.07, 6.45) is 3.55. The molecule has 1 aromatic carbocycles. The molecule has 0 saturated carbocycles. The summed E-state index contributed by atoms with van der Waals surface area (Å²) in [6.45, 7) is 4.05. The highest BCUT2D eigenvalue weighted by Crippen LogP contribution is 2.19. The second kappa shape index (κ2) is 8.12. The molecule has 104 valence electrons. The second-order valence-corrected chi connectivity index (χ2v) is 5.26. The Labute approximate surface area is 124 Å². The van der Waals surface area contributed by atoms with E-state index in [4.69, 9.17) is 23.8 Å². The van der Waals surface area contributed by atoms with E-state index in [1.807, 2.05) is 19.1 Å². The van der Waals surface area contributed by atoms with Crippen LogP contribution in [0.5, 0.6) is 0 Å². The van der Waals surface area contributed by atoms with Crippen molar-refractivity contribution in [3.8, 4) is 0 Å². The van der Waals surface area contributed by atoms with Gasteiger partial charge in [-0.1, -0.05) is 37.4 Å². The van der Waals surface area contributed by atoms with Crippen LogP contribution in [0, 0.1) is 6.92 Å². The lowest BCUT2D eigenvalue weighted by Crippen LogP contribution is -2.34. The molecule has 1 aromatic rings. The first-order valence-electron chi connectivity index (χ1n) is 6.40. The molecule has 1 amide bonds.